The van der Waals surface area contributed by atoms with Crippen molar-refractivity contribution in [2.75, 3.05) is 0 Å². The highest BCUT2D eigenvalue weighted by molar-refractivity contribution is 5.71. The third-order valence-electron chi connectivity index (χ3n) is 6.98. The molecule has 0 spiro atoms. The Hall–Kier alpha value is -2.86. The summed E-state index contributed by atoms with van der Waals surface area (Å²) in [5.74, 6) is 0.923. The van der Waals surface area contributed by atoms with Gasteiger partial charge < -0.3 is 0 Å². The number of hydrogen-bond acceptors (Lipinski definition) is 0. The lowest BCUT2D eigenvalue weighted by Gasteiger charge is -2.38. The van der Waals surface area contributed by atoms with E-state index in [0.29, 0.717) is 11.8 Å². The van der Waals surface area contributed by atoms with Gasteiger partial charge in [0.1, 0.15) is 0 Å². The fourth-order valence-electron chi connectivity index (χ4n) is 5.62. The molecule has 144 valence electrons. The van der Waals surface area contributed by atoms with E-state index in [1.165, 1.54) is 39.0 Å². The number of allylic oxidation sites excluding steroid dienone is 4. The fourth-order valence-corrected chi connectivity index (χ4v) is 5.62. The third kappa shape index (κ3) is 2.52. The molecule has 0 bridgehead atoms. The molecular formula is C29H28. The SMILES string of the molecule is CC1=C2C(c3ccccc3C2(c2ccc(C)cc2)c2ccc(C)cc2)C(C)C=C1. The van der Waals surface area contributed by atoms with Crippen LogP contribution in [0.5, 0.6) is 0 Å². The maximum atomic E-state index is 2.39. The van der Waals surface area contributed by atoms with Crippen molar-refractivity contribution in [1.29, 1.82) is 0 Å². The van der Waals surface area contributed by atoms with Crippen LogP contribution in [0.1, 0.15) is 53.1 Å². The molecule has 0 radical (unpaired) electrons. The number of rotatable bonds is 2. The van der Waals surface area contributed by atoms with Crippen LogP contribution in [0, 0.1) is 19.8 Å². The number of aryl methyl sites for hydroxylation is 2. The molecule has 0 aromatic heterocycles. The van der Waals surface area contributed by atoms with Crippen LogP contribution < -0.4 is 0 Å². The first-order valence-corrected chi connectivity index (χ1v) is 10.7. The van der Waals surface area contributed by atoms with Gasteiger partial charge >= 0.3 is 0 Å². The van der Waals surface area contributed by atoms with Gasteiger partial charge in [0, 0.05) is 5.92 Å². The van der Waals surface area contributed by atoms with E-state index in [0.717, 1.165) is 0 Å². The zero-order valence-electron chi connectivity index (χ0n) is 17.7. The Labute approximate surface area is 174 Å². The van der Waals surface area contributed by atoms with Crippen molar-refractivity contribution in [3.8, 4) is 0 Å². The van der Waals surface area contributed by atoms with Gasteiger partial charge in [0.05, 0.1) is 5.41 Å². The maximum Gasteiger partial charge on any atom is 0.0676 e. The standard InChI is InChI=1S/C29H28/c1-19-9-15-23(16-10-19)29(24-17-11-20(2)12-18-24)26-8-6-5-7-25(26)27-21(3)13-14-22(4)28(27)29/h5-18,21,27H,1-4H3. The van der Waals surface area contributed by atoms with Crippen molar-refractivity contribution in [3.05, 3.63) is 129 Å². The summed E-state index contributed by atoms with van der Waals surface area (Å²) in [5, 5.41) is 0. The quantitative estimate of drug-likeness (QED) is 0.441. The predicted octanol–water partition coefficient (Wildman–Crippen LogP) is 7.26. The molecule has 2 aliphatic rings. The summed E-state index contributed by atoms with van der Waals surface area (Å²) < 4.78 is 0. The van der Waals surface area contributed by atoms with E-state index in [9.17, 15) is 0 Å². The highest BCUT2D eigenvalue weighted by Crippen LogP contribution is 2.61. The summed E-state index contributed by atoms with van der Waals surface area (Å²) in [6.07, 6.45) is 4.74. The molecular weight excluding hydrogens is 348 g/mol. The molecule has 0 heterocycles. The average molecular weight is 377 g/mol. The van der Waals surface area contributed by atoms with Crippen molar-refractivity contribution in [2.24, 2.45) is 5.92 Å². The second-order valence-electron chi connectivity index (χ2n) is 8.86. The zero-order valence-corrected chi connectivity index (χ0v) is 17.7. The second-order valence-corrected chi connectivity index (χ2v) is 8.86. The highest BCUT2D eigenvalue weighted by atomic mass is 14.5. The molecule has 0 heteroatoms. The smallest absolute Gasteiger partial charge is 0.0676 e. The van der Waals surface area contributed by atoms with Crippen molar-refractivity contribution in [3.63, 3.8) is 0 Å². The van der Waals surface area contributed by atoms with E-state index in [-0.39, 0.29) is 5.41 Å². The van der Waals surface area contributed by atoms with E-state index in [1.54, 1.807) is 5.57 Å². The zero-order chi connectivity index (χ0) is 20.2. The molecule has 3 aromatic rings. The molecule has 0 nitrogen and oxygen atoms in total. The molecule has 0 aliphatic heterocycles. The van der Waals surface area contributed by atoms with E-state index >= 15 is 0 Å². The minimum atomic E-state index is -0.230. The van der Waals surface area contributed by atoms with Crippen molar-refractivity contribution in [2.45, 2.75) is 39.0 Å². The van der Waals surface area contributed by atoms with Gasteiger partial charge in [-0.1, -0.05) is 109 Å². The first kappa shape index (κ1) is 18.2. The number of benzene rings is 3. The summed E-state index contributed by atoms with van der Waals surface area (Å²) in [7, 11) is 0. The van der Waals surface area contributed by atoms with Crippen molar-refractivity contribution < 1.29 is 0 Å². The number of fused-ring (bicyclic) bond motifs is 3. The fraction of sp³-hybridized carbons (Fsp3) is 0.241. The first-order chi connectivity index (χ1) is 14.0. The maximum absolute atomic E-state index is 2.39. The van der Waals surface area contributed by atoms with Gasteiger partial charge in [-0.2, -0.15) is 0 Å². The number of hydrogen-bond donors (Lipinski definition) is 0. The van der Waals surface area contributed by atoms with Crippen LogP contribution in [0.3, 0.4) is 0 Å². The lowest BCUT2D eigenvalue weighted by Crippen LogP contribution is -2.31. The molecule has 2 atom stereocenters. The molecule has 2 unspecified atom stereocenters. The molecule has 3 aromatic carbocycles. The van der Waals surface area contributed by atoms with Crippen LogP contribution in [-0.2, 0) is 5.41 Å². The van der Waals surface area contributed by atoms with Gasteiger partial charge in [-0.25, -0.2) is 0 Å². The van der Waals surface area contributed by atoms with Gasteiger partial charge in [-0.05, 0) is 54.5 Å². The van der Waals surface area contributed by atoms with Crippen LogP contribution >= 0.6 is 0 Å². The van der Waals surface area contributed by atoms with Gasteiger partial charge in [-0.3, -0.25) is 0 Å². The largest absolute Gasteiger partial charge is 0.0805 e. The van der Waals surface area contributed by atoms with Crippen LogP contribution in [0.4, 0.5) is 0 Å². The lowest BCUT2D eigenvalue weighted by molar-refractivity contribution is 0.577. The van der Waals surface area contributed by atoms with Crippen LogP contribution in [0.2, 0.25) is 0 Å². The Balaban J connectivity index is 1.94. The Morgan fingerprint density at radius 1 is 0.690 bits per heavy atom. The van der Waals surface area contributed by atoms with Crippen LogP contribution in [0.15, 0.2) is 96.1 Å². The van der Waals surface area contributed by atoms with Crippen molar-refractivity contribution in [1.82, 2.24) is 0 Å². The molecule has 2 aliphatic carbocycles. The summed E-state index contributed by atoms with van der Waals surface area (Å²) in [4.78, 5) is 0. The molecule has 0 saturated carbocycles. The van der Waals surface area contributed by atoms with E-state index in [2.05, 4.69) is 113 Å². The Morgan fingerprint density at radius 3 is 1.83 bits per heavy atom. The van der Waals surface area contributed by atoms with Gasteiger partial charge in [0.15, 0.2) is 0 Å². The third-order valence-corrected chi connectivity index (χ3v) is 6.98. The summed E-state index contributed by atoms with van der Waals surface area (Å²) >= 11 is 0. The molecule has 5 rings (SSSR count). The van der Waals surface area contributed by atoms with Gasteiger partial charge in [0.25, 0.3) is 0 Å². The Morgan fingerprint density at radius 2 is 1.24 bits per heavy atom. The predicted molar refractivity (Wildman–Crippen MR) is 122 cm³/mol. The van der Waals surface area contributed by atoms with Crippen LogP contribution in [-0.4, -0.2) is 0 Å². The Kier molecular flexibility index (Phi) is 4.13. The summed E-state index contributed by atoms with van der Waals surface area (Å²) in [6.45, 7) is 9.01. The van der Waals surface area contributed by atoms with Crippen molar-refractivity contribution >= 4 is 0 Å². The minimum absolute atomic E-state index is 0.230. The summed E-state index contributed by atoms with van der Waals surface area (Å²) in [5.41, 5.74) is 11.0. The Bertz CT molecular complexity index is 1080. The minimum Gasteiger partial charge on any atom is -0.0805 e. The monoisotopic (exact) mass is 376 g/mol. The second kappa shape index (κ2) is 6.59. The highest BCUT2D eigenvalue weighted by Gasteiger charge is 2.52. The van der Waals surface area contributed by atoms with E-state index < -0.39 is 0 Å². The van der Waals surface area contributed by atoms with E-state index in [1.807, 2.05) is 0 Å². The normalized spacial score (nSPS) is 21.8. The molecule has 0 N–H and O–H groups in total. The average Bonchev–Trinajstić information content (AvgIpc) is 3.05. The molecule has 0 saturated heterocycles. The topological polar surface area (TPSA) is 0 Å². The lowest BCUT2D eigenvalue weighted by atomic mass is 9.64. The molecule has 0 fully saturated rings. The van der Waals surface area contributed by atoms with Gasteiger partial charge in [0.2, 0.25) is 0 Å². The summed E-state index contributed by atoms with van der Waals surface area (Å²) in [6, 6.07) is 27.6. The van der Waals surface area contributed by atoms with Crippen LogP contribution in [0.25, 0.3) is 0 Å². The molecule has 0 amide bonds. The molecule has 29 heavy (non-hydrogen) atoms. The van der Waals surface area contributed by atoms with E-state index in [4.69, 9.17) is 0 Å². The van der Waals surface area contributed by atoms with Gasteiger partial charge in [-0.15, -0.1) is 0 Å². The first-order valence-electron chi connectivity index (χ1n) is 10.7.